The lowest BCUT2D eigenvalue weighted by Gasteiger charge is -2.09. The summed E-state index contributed by atoms with van der Waals surface area (Å²) in [6, 6.07) is 11.1. The molecule has 0 spiro atoms. The van der Waals surface area contributed by atoms with E-state index < -0.39 is 17.3 Å². The molecule has 24 heavy (non-hydrogen) atoms. The molecule has 0 atom stereocenters. The third-order valence-electron chi connectivity index (χ3n) is 3.79. The number of nitrogens with zero attached hydrogens (tertiary/aromatic N) is 2. The van der Waals surface area contributed by atoms with Crippen molar-refractivity contribution in [3.05, 3.63) is 75.2 Å². The van der Waals surface area contributed by atoms with Crippen molar-refractivity contribution >= 4 is 11.6 Å². The Balaban J connectivity index is 1.94. The Bertz CT molecular complexity index is 992. The molecule has 3 aromatic rings. The molecule has 6 nitrogen and oxygen atoms in total. The van der Waals surface area contributed by atoms with Gasteiger partial charge in [0.05, 0.1) is 0 Å². The SMILES string of the molecule is Cc1cccc(CNC(=O)c2c(O)nc3c(C)cccn3c2=O)c1. The Kier molecular flexibility index (Phi) is 4.04. The molecular weight excluding hydrogens is 306 g/mol. The number of fused-ring (bicyclic) bond motifs is 1. The van der Waals surface area contributed by atoms with Crippen molar-refractivity contribution in [3.8, 4) is 5.88 Å². The van der Waals surface area contributed by atoms with Gasteiger partial charge in [-0.2, -0.15) is 4.98 Å². The average Bonchev–Trinajstić information content (AvgIpc) is 2.54. The molecule has 0 aliphatic rings. The van der Waals surface area contributed by atoms with E-state index in [0.717, 1.165) is 16.7 Å². The Hall–Kier alpha value is -3.15. The number of pyridine rings is 1. The van der Waals surface area contributed by atoms with Gasteiger partial charge in [-0.25, -0.2) is 0 Å². The van der Waals surface area contributed by atoms with Crippen LogP contribution in [0.4, 0.5) is 0 Å². The molecule has 2 aromatic heterocycles. The standard InChI is InChI=1S/C18H17N3O3/c1-11-5-3-7-13(9-11)10-19-16(22)14-17(23)20-15-12(2)6-4-8-21(15)18(14)24/h3-9,23H,10H2,1-2H3,(H,19,22). The Morgan fingerprint density at radius 1 is 1.25 bits per heavy atom. The molecule has 122 valence electrons. The lowest BCUT2D eigenvalue weighted by molar-refractivity contribution is 0.0945. The Morgan fingerprint density at radius 3 is 2.79 bits per heavy atom. The van der Waals surface area contributed by atoms with Gasteiger partial charge in [-0.05, 0) is 31.0 Å². The summed E-state index contributed by atoms with van der Waals surface area (Å²) >= 11 is 0. The van der Waals surface area contributed by atoms with Gasteiger partial charge in [-0.1, -0.05) is 35.9 Å². The van der Waals surface area contributed by atoms with E-state index in [1.165, 1.54) is 10.6 Å². The van der Waals surface area contributed by atoms with Crippen LogP contribution in [0, 0.1) is 13.8 Å². The number of hydrogen-bond donors (Lipinski definition) is 2. The first-order chi connectivity index (χ1) is 11.5. The number of amides is 1. The van der Waals surface area contributed by atoms with E-state index in [4.69, 9.17) is 0 Å². The topological polar surface area (TPSA) is 83.7 Å². The molecule has 2 heterocycles. The minimum absolute atomic E-state index is 0.260. The lowest BCUT2D eigenvalue weighted by Crippen LogP contribution is -2.31. The summed E-state index contributed by atoms with van der Waals surface area (Å²) in [6.45, 7) is 3.99. The number of benzene rings is 1. The number of nitrogens with one attached hydrogen (secondary N) is 1. The minimum Gasteiger partial charge on any atom is -0.493 e. The maximum atomic E-state index is 12.5. The molecule has 0 aliphatic heterocycles. The zero-order valence-corrected chi connectivity index (χ0v) is 13.4. The maximum absolute atomic E-state index is 12.5. The summed E-state index contributed by atoms with van der Waals surface area (Å²) in [7, 11) is 0. The number of aryl methyl sites for hydroxylation is 2. The second-order valence-electron chi connectivity index (χ2n) is 5.67. The zero-order chi connectivity index (χ0) is 17.3. The van der Waals surface area contributed by atoms with Gasteiger partial charge in [0.2, 0.25) is 5.88 Å². The van der Waals surface area contributed by atoms with Gasteiger partial charge in [0.15, 0.2) is 5.56 Å². The highest BCUT2D eigenvalue weighted by Gasteiger charge is 2.20. The molecule has 0 aliphatic carbocycles. The fourth-order valence-corrected chi connectivity index (χ4v) is 2.58. The molecule has 0 saturated carbocycles. The quantitative estimate of drug-likeness (QED) is 0.771. The molecule has 0 saturated heterocycles. The van der Waals surface area contributed by atoms with Gasteiger partial charge >= 0.3 is 0 Å². The summed E-state index contributed by atoms with van der Waals surface area (Å²) < 4.78 is 1.26. The van der Waals surface area contributed by atoms with Gasteiger partial charge < -0.3 is 10.4 Å². The first-order valence-corrected chi connectivity index (χ1v) is 7.52. The van der Waals surface area contributed by atoms with Gasteiger partial charge in [0.25, 0.3) is 11.5 Å². The molecular formula is C18H17N3O3. The van der Waals surface area contributed by atoms with Crippen LogP contribution in [0.5, 0.6) is 5.88 Å². The molecule has 3 rings (SSSR count). The van der Waals surface area contributed by atoms with Crippen LogP contribution in [0.2, 0.25) is 0 Å². The monoisotopic (exact) mass is 323 g/mol. The van der Waals surface area contributed by atoms with E-state index >= 15 is 0 Å². The van der Waals surface area contributed by atoms with Crippen LogP contribution in [-0.2, 0) is 6.54 Å². The number of aromatic nitrogens is 2. The summed E-state index contributed by atoms with van der Waals surface area (Å²) in [5, 5.41) is 12.7. The van der Waals surface area contributed by atoms with Crippen LogP contribution in [0.15, 0.2) is 47.4 Å². The van der Waals surface area contributed by atoms with Crippen molar-refractivity contribution < 1.29 is 9.90 Å². The van der Waals surface area contributed by atoms with Crippen LogP contribution in [-0.4, -0.2) is 20.4 Å². The molecule has 2 N–H and O–H groups in total. The molecule has 0 bridgehead atoms. The number of aromatic hydroxyl groups is 1. The second kappa shape index (κ2) is 6.16. The van der Waals surface area contributed by atoms with E-state index in [1.54, 1.807) is 19.1 Å². The zero-order valence-electron chi connectivity index (χ0n) is 13.4. The minimum atomic E-state index is -0.651. The molecule has 0 fully saturated rings. The Morgan fingerprint density at radius 2 is 2.04 bits per heavy atom. The van der Waals surface area contributed by atoms with Gasteiger partial charge in [0.1, 0.15) is 5.65 Å². The van der Waals surface area contributed by atoms with Crippen LogP contribution in [0.3, 0.4) is 0 Å². The summed E-state index contributed by atoms with van der Waals surface area (Å²) in [6.07, 6.45) is 1.52. The highest BCUT2D eigenvalue weighted by molar-refractivity contribution is 5.96. The molecule has 0 unspecified atom stereocenters. The van der Waals surface area contributed by atoms with Crippen molar-refractivity contribution in [2.75, 3.05) is 0 Å². The van der Waals surface area contributed by atoms with Gasteiger partial charge in [0, 0.05) is 12.7 Å². The summed E-state index contributed by atoms with van der Waals surface area (Å²) in [5.74, 6) is -1.21. The van der Waals surface area contributed by atoms with Crippen molar-refractivity contribution in [1.82, 2.24) is 14.7 Å². The number of carbonyl (C=O) groups is 1. The van der Waals surface area contributed by atoms with Gasteiger partial charge in [-0.15, -0.1) is 0 Å². The molecule has 0 radical (unpaired) electrons. The van der Waals surface area contributed by atoms with Crippen molar-refractivity contribution in [2.45, 2.75) is 20.4 Å². The van der Waals surface area contributed by atoms with Crippen molar-refractivity contribution in [1.29, 1.82) is 0 Å². The smallest absolute Gasteiger partial charge is 0.274 e. The number of carbonyl (C=O) groups excluding carboxylic acids is 1. The fourth-order valence-electron chi connectivity index (χ4n) is 2.58. The Labute approximate surface area is 138 Å². The fraction of sp³-hybridized carbons (Fsp3) is 0.167. The van der Waals surface area contributed by atoms with E-state index in [1.807, 2.05) is 31.2 Å². The van der Waals surface area contributed by atoms with E-state index in [2.05, 4.69) is 10.3 Å². The maximum Gasteiger partial charge on any atom is 0.274 e. The summed E-state index contributed by atoms with van der Waals surface area (Å²) in [4.78, 5) is 28.8. The molecule has 1 aromatic carbocycles. The van der Waals surface area contributed by atoms with E-state index in [-0.39, 0.29) is 12.1 Å². The summed E-state index contributed by atoms with van der Waals surface area (Å²) in [5.41, 5.74) is 2.10. The normalized spacial score (nSPS) is 10.8. The third-order valence-corrected chi connectivity index (χ3v) is 3.79. The van der Waals surface area contributed by atoms with E-state index in [9.17, 15) is 14.7 Å². The third kappa shape index (κ3) is 2.86. The van der Waals surface area contributed by atoms with Crippen LogP contribution < -0.4 is 10.9 Å². The van der Waals surface area contributed by atoms with Crippen LogP contribution in [0.25, 0.3) is 5.65 Å². The molecule has 1 amide bonds. The predicted molar refractivity (Wildman–Crippen MR) is 90.2 cm³/mol. The first kappa shape index (κ1) is 15.7. The predicted octanol–water partition coefficient (Wildman–Crippen LogP) is 1.95. The first-order valence-electron chi connectivity index (χ1n) is 7.52. The van der Waals surface area contributed by atoms with Gasteiger partial charge in [-0.3, -0.25) is 14.0 Å². The number of rotatable bonds is 3. The molecule has 6 heteroatoms. The second-order valence-corrected chi connectivity index (χ2v) is 5.67. The van der Waals surface area contributed by atoms with Crippen molar-refractivity contribution in [2.24, 2.45) is 0 Å². The largest absolute Gasteiger partial charge is 0.493 e. The number of hydrogen-bond acceptors (Lipinski definition) is 4. The van der Waals surface area contributed by atoms with Crippen molar-refractivity contribution in [3.63, 3.8) is 0 Å². The highest BCUT2D eigenvalue weighted by Crippen LogP contribution is 2.14. The van der Waals surface area contributed by atoms with Crippen LogP contribution >= 0.6 is 0 Å². The van der Waals surface area contributed by atoms with E-state index in [0.29, 0.717) is 5.65 Å². The average molecular weight is 323 g/mol. The van der Waals surface area contributed by atoms with Crippen LogP contribution in [0.1, 0.15) is 27.0 Å². The highest BCUT2D eigenvalue weighted by atomic mass is 16.3. The lowest BCUT2D eigenvalue weighted by atomic mass is 10.1.